The standard InChI is InChI=1S/C19H21N3OS/c1-2-3-9-21-10-12-22(13-11-21)19(23)17-15-24-18(20-17)14-16-7-5-4-6-8-16/h1,4-8,15H,3,9-14H2. The third-order valence-electron chi connectivity index (χ3n) is 4.20. The van der Waals surface area contributed by atoms with E-state index < -0.39 is 0 Å². The number of benzene rings is 1. The Labute approximate surface area is 147 Å². The highest BCUT2D eigenvalue weighted by molar-refractivity contribution is 7.09. The first-order chi connectivity index (χ1) is 11.8. The first-order valence-corrected chi connectivity index (χ1v) is 9.07. The predicted octanol–water partition coefficient (Wildman–Crippen LogP) is 2.52. The van der Waals surface area contributed by atoms with Gasteiger partial charge in [-0.1, -0.05) is 30.3 Å². The maximum Gasteiger partial charge on any atom is 0.273 e. The lowest BCUT2D eigenvalue weighted by Crippen LogP contribution is -2.48. The number of terminal acetylenes is 1. The molecule has 0 atom stereocenters. The molecule has 1 amide bonds. The van der Waals surface area contributed by atoms with Crippen LogP contribution >= 0.6 is 11.3 Å². The minimum atomic E-state index is 0.0437. The molecule has 1 aliphatic heterocycles. The number of carbonyl (C=O) groups is 1. The number of hydrogen-bond acceptors (Lipinski definition) is 4. The normalized spacial score (nSPS) is 15.2. The van der Waals surface area contributed by atoms with Gasteiger partial charge in [-0.3, -0.25) is 9.69 Å². The molecule has 4 nitrogen and oxygen atoms in total. The number of carbonyl (C=O) groups excluding carboxylic acids is 1. The Morgan fingerprint density at radius 2 is 1.96 bits per heavy atom. The summed E-state index contributed by atoms with van der Waals surface area (Å²) < 4.78 is 0. The zero-order valence-corrected chi connectivity index (χ0v) is 14.5. The average molecular weight is 339 g/mol. The van der Waals surface area contributed by atoms with Crippen LogP contribution in [-0.4, -0.2) is 53.4 Å². The second-order valence-electron chi connectivity index (χ2n) is 5.88. The van der Waals surface area contributed by atoms with Crippen LogP contribution in [0, 0.1) is 12.3 Å². The van der Waals surface area contributed by atoms with Crippen LogP contribution in [-0.2, 0) is 6.42 Å². The van der Waals surface area contributed by atoms with E-state index in [1.165, 1.54) is 5.56 Å². The lowest BCUT2D eigenvalue weighted by Gasteiger charge is -2.34. The number of piperazine rings is 1. The molecule has 1 fully saturated rings. The van der Waals surface area contributed by atoms with Crippen molar-refractivity contribution >= 4 is 17.2 Å². The number of amides is 1. The molecule has 0 unspecified atom stereocenters. The van der Waals surface area contributed by atoms with E-state index in [4.69, 9.17) is 6.42 Å². The third kappa shape index (κ3) is 4.22. The van der Waals surface area contributed by atoms with Gasteiger partial charge in [0, 0.05) is 50.9 Å². The summed E-state index contributed by atoms with van der Waals surface area (Å²) in [5, 5.41) is 2.86. The fourth-order valence-corrected chi connectivity index (χ4v) is 3.62. The van der Waals surface area contributed by atoms with Crippen molar-refractivity contribution in [3.63, 3.8) is 0 Å². The van der Waals surface area contributed by atoms with Gasteiger partial charge in [-0.25, -0.2) is 4.98 Å². The fourth-order valence-electron chi connectivity index (χ4n) is 2.82. The fraction of sp³-hybridized carbons (Fsp3) is 0.368. The molecule has 0 bridgehead atoms. The summed E-state index contributed by atoms with van der Waals surface area (Å²) in [7, 11) is 0. The van der Waals surface area contributed by atoms with Gasteiger partial charge in [0.2, 0.25) is 0 Å². The highest BCUT2D eigenvalue weighted by Crippen LogP contribution is 2.17. The number of nitrogens with zero attached hydrogens (tertiary/aromatic N) is 3. The van der Waals surface area contributed by atoms with Crippen molar-refractivity contribution in [2.45, 2.75) is 12.8 Å². The first-order valence-electron chi connectivity index (χ1n) is 8.19. The molecule has 1 aromatic carbocycles. The van der Waals surface area contributed by atoms with Crippen LogP contribution in [0.4, 0.5) is 0 Å². The molecular formula is C19H21N3OS. The summed E-state index contributed by atoms with van der Waals surface area (Å²) >= 11 is 1.56. The molecule has 24 heavy (non-hydrogen) atoms. The van der Waals surface area contributed by atoms with Crippen molar-refractivity contribution in [3.05, 3.63) is 52.0 Å². The van der Waals surface area contributed by atoms with Gasteiger partial charge in [-0.05, 0) is 5.56 Å². The average Bonchev–Trinajstić information content (AvgIpc) is 3.09. The van der Waals surface area contributed by atoms with E-state index in [0.717, 1.165) is 50.6 Å². The molecule has 3 rings (SSSR count). The molecule has 0 saturated carbocycles. The van der Waals surface area contributed by atoms with Crippen LogP contribution < -0.4 is 0 Å². The quantitative estimate of drug-likeness (QED) is 0.786. The van der Waals surface area contributed by atoms with Crippen molar-refractivity contribution in [1.82, 2.24) is 14.8 Å². The number of rotatable bonds is 5. The maximum absolute atomic E-state index is 12.6. The van der Waals surface area contributed by atoms with Crippen molar-refractivity contribution in [2.24, 2.45) is 0 Å². The molecule has 1 saturated heterocycles. The van der Waals surface area contributed by atoms with E-state index >= 15 is 0 Å². The van der Waals surface area contributed by atoms with Gasteiger partial charge in [0.25, 0.3) is 5.91 Å². The Bertz CT molecular complexity index is 712. The highest BCUT2D eigenvalue weighted by Gasteiger charge is 2.23. The largest absolute Gasteiger partial charge is 0.335 e. The predicted molar refractivity (Wildman–Crippen MR) is 97.2 cm³/mol. The zero-order valence-electron chi connectivity index (χ0n) is 13.6. The highest BCUT2D eigenvalue weighted by atomic mass is 32.1. The Morgan fingerprint density at radius 1 is 1.21 bits per heavy atom. The van der Waals surface area contributed by atoms with Crippen LogP contribution in [0.15, 0.2) is 35.7 Å². The summed E-state index contributed by atoms with van der Waals surface area (Å²) in [5.41, 5.74) is 1.79. The first kappa shape index (κ1) is 16.7. The van der Waals surface area contributed by atoms with Crippen molar-refractivity contribution in [2.75, 3.05) is 32.7 Å². The van der Waals surface area contributed by atoms with Gasteiger partial charge >= 0.3 is 0 Å². The van der Waals surface area contributed by atoms with Gasteiger partial charge in [-0.15, -0.1) is 23.7 Å². The molecule has 5 heteroatoms. The topological polar surface area (TPSA) is 36.4 Å². The van der Waals surface area contributed by atoms with Crippen LogP contribution in [0.3, 0.4) is 0 Å². The van der Waals surface area contributed by atoms with Crippen LogP contribution in [0.25, 0.3) is 0 Å². The lowest BCUT2D eigenvalue weighted by atomic mass is 10.2. The molecule has 0 aliphatic carbocycles. The number of hydrogen-bond donors (Lipinski definition) is 0. The van der Waals surface area contributed by atoms with Gasteiger partial charge in [-0.2, -0.15) is 0 Å². The van der Waals surface area contributed by atoms with Crippen molar-refractivity contribution < 1.29 is 4.79 Å². The molecule has 0 N–H and O–H groups in total. The third-order valence-corrected chi connectivity index (χ3v) is 5.05. The second-order valence-corrected chi connectivity index (χ2v) is 6.82. The van der Waals surface area contributed by atoms with E-state index in [1.54, 1.807) is 11.3 Å². The van der Waals surface area contributed by atoms with Crippen LogP contribution in [0.2, 0.25) is 0 Å². The monoisotopic (exact) mass is 339 g/mol. The van der Waals surface area contributed by atoms with E-state index in [2.05, 4.69) is 27.9 Å². The van der Waals surface area contributed by atoms with Crippen molar-refractivity contribution in [3.8, 4) is 12.3 Å². The molecule has 2 aromatic rings. The number of thiazole rings is 1. The SMILES string of the molecule is C#CCCN1CCN(C(=O)c2csc(Cc3ccccc3)n2)CC1. The molecular weight excluding hydrogens is 318 g/mol. The Hall–Kier alpha value is -2.16. The van der Waals surface area contributed by atoms with E-state index in [-0.39, 0.29) is 5.91 Å². The second kappa shape index (κ2) is 8.09. The van der Waals surface area contributed by atoms with E-state index in [0.29, 0.717) is 5.69 Å². The van der Waals surface area contributed by atoms with Gasteiger partial charge in [0.05, 0.1) is 5.01 Å². The van der Waals surface area contributed by atoms with E-state index in [9.17, 15) is 4.79 Å². The molecule has 1 aromatic heterocycles. The minimum Gasteiger partial charge on any atom is -0.335 e. The smallest absolute Gasteiger partial charge is 0.273 e. The molecule has 0 radical (unpaired) electrons. The summed E-state index contributed by atoms with van der Waals surface area (Å²) in [6.07, 6.45) is 6.85. The Morgan fingerprint density at radius 3 is 2.67 bits per heavy atom. The van der Waals surface area contributed by atoms with Gasteiger partial charge in [0.1, 0.15) is 5.69 Å². The number of aromatic nitrogens is 1. The van der Waals surface area contributed by atoms with Crippen LogP contribution in [0.5, 0.6) is 0 Å². The van der Waals surface area contributed by atoms with Gasteiger partial charge in [0.15, 0.2) is 0 Å². The molecule has 0 spiro atoms. The Kier molecular flexibility index (Phi) is 5.63. The van der Waals surface area contributed by atoms with Crippen LogP contribution in [0.1, 0.15) is 27.5 Å². The molecule has 2 heterocycles. The summed E-state index contributed by atoms with van der Waals surface area (Å²) in [6.45, 7) is 4.17. The van der Waals surface area contributed by atoms with E-state index in [1.807, 2.05) is 28.5 Å². The van der Waals surface area contributed by atoms with Gasteiger partial charge < -0.3 is 4.90 Å². The zero-order chi connectivity index (χ0) is 16.8. The summed E-state index contributed by atoms with van der Waals surface area (Å²) in [4.78, 5) is 21.3. The molecule has 1 aliphatic rings. The van der Waals surface area contributed by atoms with Crippen molar-refractivity contribution in [1.29, 1.82) is 0 Å². The molecule has 124 valence electrons. The Balaban J connectivity index is 1.56. The minimum absolute atomic E-state index is 0.0437. The lowest BCUT2D eigenvalue weighted by molar-refractivity contribution is 0.0634. The summed E-state index contributed by atoms with van der Waals surface area (Å²) in [6, 6.07) is 10.2. The summed E-state index contributed by atoms with van der Waals surface area (Å²) in [5.74, 6) is 2.71. The maximum atomic E-state index is 12.6.